The van der Waals surface area contributed by atoms with Crippen LogP contribution in [0.4, 0.5) is 8.78 Å². The van der Waals surface area contributed by atoms with Crippen LogP contribution in [0, 0.1) is 0 Å². The SMILES string of the molecule is O=C(CCS)N1CCC(F)(F)CC1. The molecule has 0 bridgehead atoms. The summed E-state index contributed by atoms with van der Waals surface area (Å²) in [6, 6.07) is 0. The van der Waals surface area contributed by atoms with E-state index in [0.717, 1.165) is 0 Å². The molecule has 1 amide bonds. The van der Waals surface area contributed by atoms with Crippen LogP contribution in [0.2, 0.25) is 0 Å². The molecular formula is C8H13F2NOS. The van der Waals surface area contributed by atoms with E-state index < -0.39 is 5.92 Å². The lowest BCUT2D eigenvalue weighted by Gasteiger charge is -2.31. The molecule has 0 aromatic rings. The zero-order valence-corrected chi connectivity index (χ0v) is 8.20. The lowest BCUT2D eigenvalue weighted by Crippen LogP contribution is -2.42. The number of amides is 1. The van der Waals surface area contributed by atoms with Crippen molar-refractivity contribution in [3.63, 3.8) is 0 Å². The highest BCUT2D eigenvalue weighted by atomic mass is 32.1. The monoisotopic (exact) mass is 209 g/mol. The maximum atomic E-state index is 12.7. The predicted molar refractivity (Wildman–Crippen MR) is 49.2 cm³/mol. The fourth-order valence-electron chi connectivity index (χ4n) is 1.34. The first-order valence-corrected chi connectivity index (χ1v) is 4.95. The van der Waals surface area contributed by atoms with Gasteiger partial charge >= 0.3 is 0 Å². The molecule has 1 aliphatic heterocycles. The number of hydrogen-bond donors (Lipinski definition) is 1. The van der Waals surface area contributed by atoms with Gasteiger partial charge in [0.05, 0.1) is 0 Å². The van der Waals surface area contributed by atoms with Crippen molar-refractivity contribution in [2.75, 3.05) is 18.8 Å². The van der Waals surface area contributed by atoms with E-state index >= 15 is 0 Å². The van der Waals surface area contributed by atoms with Crippen LogP contribution in [-0.4, -0.2) is 35.6 Å². The normalized spacial score (nSPS) is 21.6. The Kier molecular flexibility index (Phi) is 3.53. The van der Waals surface area contributed by atoms with Gasteiger partial charge in [0.1, 0.15) is 0 Å². The van der Waals surface area contributed by atoms with E-state index in [0.29, 0.717) is 12.2 Å². The van der Waals surface area contributed by atoms with E-state index in [9.17, 15) is 13.6 Å². The maximum absolute atomic E-state index is 12.7. The number of thiol groups is 1. The minimum Gasteiger partial charge on any atom is -0.342 e. The van der Waals surface area contributed by atoms with E-state index in [1.165, 1.54) is 4.90 Å². The van der Waals surface area contributed by atoms with Crippen LogP contribution in [0.5, 0.6) is 0 Å². The minimum absolute atomic E-state index is 0.0644. The largest absolute Gasteiger partial charge is 0.342 e. The third-order valence-electron chi connectivity index (χ3n) is 2.17. The highest BCUT2D eigenvalue weighted by Gasteiger charge is 2.35. The highest BCUT2D eigenvalue weighted by Crippen LogP contribution is 2.27. The summed E-state index contributed by atoms with van der Waals surface area (Å²) in [6.07, 6.45) is -0.0642. The van der Waals surface area contributed by atoms with Gasteiger partial charge in [-0.3, -0.25) is 4.79 Å². The lowest BCUT2D eigenvalue weighted by atomic mass is 10.1. The van der Waals surface area contributed by atoms with Gasteiger partial charge in [-0.15, -0.1) is 0 Å². The number of halogens is 2. The number of hydrogen-bond acceptors (Lipinski definition) is 2. The van der Waals surface area contributed by atoms with Gasteiger partial charge in [0.2, 0.25) is 5.91 Å². The van der Waals surface area contributed by atoms with Crippen molar-refractivity contribution < 1.29 is 13.6 Å². The second-order valence-corrected chi connectivity index (χ2v) is 3.66. The first-order valence-electron chi connectivity index (χ1n) is 4.32. The molecule has 0 aliphatic carbocycles. The molecule has 0 saturated carbocycles. The number of alkyl halides is 2. The molecule has 1 heterocycles. The second-order valence-electron chi connectivity index (χ2n) is 3.21. The summed E-state index contributed by atoms with van der Waals surface area (Å²) in [5.74, 6) is -2.16. The van der Waals surface area contributed by atoms with Gasteiger partial charge in [-0.05, 0) is 5.75 Å². The van der Waals surface area contributed by atoms with Gasteiger partial charge in [-0.2, -0.15) is 12.6 Å². The summed E-state index contributed by atoms with van der Waals surface area (Å²) in [5.41, 5.74) is 0. The van der Waals surface area contributed by atoms with Crippen LogP contribution in [0.1, 0.15) is 19.3 Å². The summed E-state index contributed by atoms with van der Waals surface area (Å²) in [6.45, 7) is 0.360. The Labute approximate surface area is 81.7 Å². The lowest BCUT2D eigenvalue weighted by molar-refractivity contribution is -0.136. The number of rotatable bonds is 2. The van der Waals surface area contributed by atoms with Crippen molar-refractivity contribution in [3.05, 3.63) is 0 Å². The molecule has 0 aromatic carbocycles. The molecule has 1 fully saturated rings. The van der Waals surface area contributed by atoms with Crippen molar-refractivity contribution in [1.29, 1.82) is 0 Å². The first-order chi connectivity index (χ1) is 6.05. The van der Waals surface area contributed by atoms with Crippen LogP contribution in [-0.2, 0) is 4.79 Å². The average Bonchev–Trinajstić information content (AvgIpc) is 2.04. The molecule has 0 radical (unpaired) electrons. The summed E-state index contributed by atoms with van der Waals surface area (Å²) >= 11 is 3.92. The van der Waals surface area contributed by atoms with E-state index in [-0.39, 0.29) is 31.8 Å². The van der Waals surface area contributed by atoms with E-state index in [1.54, 1.807) is 0 Å². The van der Waals surface area contributed by atoms with E-state index in [2.05, 4.69) is 12.6 Å². The first kappa shape index (κ1) is 10.8. The molecule has 1 saturated heterocycles. The van der Waals surface area contributed by atoms with Crippen molar-refractivity contribution in [3.8, 4) is 0 Å². The molecule has 0 N–H and O–H groups in total. The summed E-state index contributed by atoms with van der Waals surface area (Å²) in [7, 11) is 0. The highest BCUT2D eigenvalue weighted by molar-refractivity contribution is 7.80. The summed E-state index contributed by atoms with van der Waals surface area (Å²) < 4.78 is 25.3. The number of nitrogens with zero attached hydrogens (tertiary/aromatic N) is 1. The molecule has 1 rings (SSSR count). The number of piperidine rings is 1. The molecule has 0 aromatic heterocycles. The zero-order valence-electron chi connectivity index (χ0n) is 7.30. The molecule has 0 spiro atoms. The zero-order chi connectivity index (χ0) is 9.90. The van der Waals surface area contributed by atoms with Crippen LogP contribution in [0.25, 0.3) is 0 Å². The Balaban J connectivity index is 2.36. The molecule has 1 aliphatic rings. The Bertz CT molecular complexity index is 189. The Hall–Kier alpha value is -0.320. The van der Waals surface area contributed by atoms with Crippen molar-refractivity contribution in [2.45, 2.75) is 25.2 Å². The summed E-state index contributed by atoms with van der Waals surface area (Å²) in [4.78, 5) is 12.7. The van der Waals surface area contributed by atoms with E-state index in [1.807, 2.05) is 0 Å². The number of likely N-dealkylation sites (tertiary alicyclic amines) is 1. The second kappa shape index (κ2) is 4.26. The standard InChI is InChI=1S/C8H13F2NOS/c9-8(10)2-4-11(5-3-8)7(12)1-6-13/h13H,1-6H2. The quantitative estimate of drug-likeness (QED) is 0.684. The van der Waals surface area contributed by atoms with Crippen molar-refractivity contribution >= 4 is 18.5 Å². The molecule has 0 unspecified atom stereocenters. The fraction of sp³-hybridized carbons (Fsp3) is 0.875. The van der Waals surface area contributed by atoms with Gasteiger partial charge in [0.15, 0.2) is 0 Å². The van der Waals surface area contributed by atoms with E-state index in [4.69, 9.17) is 0 Å². The molecule has 5 heteroatoms. The predicted octanol–water partition coefficient (Wildman–Crippen LogP) is 1.56. The molecule has 0 atom stereocenters. The molecular weight excluding hydrogens is 196 g/mol. The smallest absolute Gasteiger partial charge is 0.251 e. The van der Waals surface area contributed by atoms with Crippen molar-refractivity contribution in [2.24, 2.45) is 0 Å². The Morgan fingerprint density at radius 3 is 2.38 bits per heavy atom. The van der Waals surface area contributed by atoms with Crippen LogP contribution < -0.4 is 0 Å². The van der Waals surface area contributed by atoms with Gasteiger partial charge in [0.25, 0.3) is 5.92 Å². The van der Waals surface area contributed by atoms with Gasteiger partial charge in [0, 0.05) is 32.4 Å². The fourth-order valence-corrected chi connectivity index (χ4v) is 1.53. The Morgan fingerprint density at radius 2 is 1.92 bits per heavy atom. The summed E-state index contributed by atoms with van der Waals surface area (Å²) in [5, 5.41) is 0. The van der Waals surface area contributed by atoms with Crippen molar-refractivity contribution in [1.82, 2.24) is 4.90 Å². The average molecular weight is 209 g/mol. The topological polar surface area (TPSA) is 20.3 Å². The third-order valence-corrected chi connectivity index (χ3v) is 2.40. The Morgan fingerprint density at radius 1 is 1.38 bits per heavy atom. The minimum atomic E-state index is -2.57. The van der Waals surface area contributed by atoms with Gasteiger partial charge in [-0.25, -0.2) is 8.78 Å². The van der Waals surface area contributed by atoms with Gasteiger partial charge in [-0.1, -0.05) is 0 Å². The number of carbonyl (C=O) groups is 1. The molecule has 2 nitrogen and oxygen atoms in total. The molecule has 13 heavy (non-hydrogen) atoms. The van der Waals surface area contributed by atoms with Crippen LogP contribution >= 0.6 is 12.6 Å². The van der Waals surface area contributed by atoms with Crippen LogP contribution in [0.3, 0.4) is 0 Å². The van der Waals surface area contributed by atoms with Gasteiger partial charge < -0.3 is 4.90 Å². The van der Waals surface area contributed by atoms with Crippen LogP contribution in [0.15, 0.2) is 0 Å². The third kappa shape index (κ3) is 3.14. The molecule has 76 valence electrons. The number of carbonyl (C=O) groups excluding carboxylic acids is 1. The maximum Gasteiger partial charge on any atom is 0.251 e.